The highest BCUT2D eigenvalue weighted by molar-refractivity contribution is 14.0. The van der Waals surface area contributed by atoms with E-state index in [1.165, 1.54) is 5.56 Å². The summed E-state index contributed by atoms with van der Waals surface area (Å²) in [6.07, 6.45) is 1.97. The zero-order valence-electron chi connectivity index (χ0n) is 15.6. The molecular formula is C19H31ClIN3O. The molecule has 6 heteroatoms. The van der Waals surface area contributed by atoms with Crippen molar-refractivity contribution in [2.24, 2.45) is 10.9 Å². The van der Waals surface area contributed by atoms with Gasteiger partial charge in [-0.25, -0.2) is 0 Å². The first-order valence-electron chi connectivity index (χ1n) is 8.78. The topological polar surface area (TPSA) is 45.7 Å². The van der Waals surface area contributed by atoms with Crippen LogP contribution in [0.5, 0.6) is 0 Å². The monoisotopic (exact) mass is 479 g/mol. The van der Waals surface area contributed by atoms with Crippen LogP contribution in [0.3, 0.4) is 0 Å². The van der Waals surface area contributed by atoms with E-state index >= 15 is 0 Å². The number of ether oxygens (including phenoxy) is 1. The van der Waals surface area contributed by atoms with Crippen molar-refractivity contribution in [1.29, 1.82) is 0 Å². The molecule has 1 aromatic rings. The fraction of sp³-hybridized carbons (Fsp3) is 0.632. The molecule has 1 aliphatic heterocycles. The lowest BCUT2D eigenvalue weighted by molar-refractivity contribution is 0.0513. The second kappa shape index (κ2) is 10.6. The Morgan fingerprint density at radius 3 is 2.52 bits per heavy atom. The van der Waals surface area contributed by atoms with Crippen LogP contribution in [0.25, 0.3) is 0 Å². The van der Waals surface area contributed by atoms with Crippen LogP contribution in [0.1, 0.15) is 39.2 Å². The highest BCUT2D eigenvalue weighted by Crippen LogP contribution is 2.35. The van der Waals surface area contributed by atoms with Gasteiger partial charge in [-0.1, -0.05) is 37.6 Å². The van der Waals surface area contributed by atoms with Crippen molar-refractivity contribution in [3.05, 3.63) is 34.9 Å². The number of rotatable bonds is 5. The first-order chi connectivity index (χ1) is 11.5. The Morgan fingerprint density at radius 2 is 1.96 bits per heavy atom. The number of nitrogens with one attached hydrogen (secondary N) is 2. The Bertz CT molecular complexity index is 559. The molecule has 1 unspecified atom stereocenters. The molecule has 4 nitrogen and oxygen atoms in total. The van der Waals surface area contributed by atoms with Gasteiger partial charge in [0, 0.05) is 43.3 Å². The Morgan fingerprint density at radius 1 is 1.28 bits per heavy atom. The normalized spacial score (nSPS) is 18.4. The van der Waals surface area contributed by atoms with Crippen molar-refractivity contribution < 1.29 is 4.74 Å². The van der Waals surface area contributed by atoms with Gasteiger partial charge in [0.2, 0.25) is 0 Å². The quantitative estimate of drug-likeness (QED) is 0.378. The SMILES string of the molecule is CN=C(NCC1(c2cccc(Cl)c2)CCOCC1)NC(C)C(C)C.I. The molecule has 1 fully saturated rings. The van der Waals surface area contributed by atoms with Crippen molar-refractivity contribution in [3.63, 3.8) is 0 Å². The molecule has 2 rings (SSSR count). The van der Waals surface area contributed by atoms with Crippen molar-refractivity contribution in [2.75, 3.05) is 26.8 Å². The van der Waals surface area contributed by atoms with Crippen LogP contribution in [-0.2, 0) is 10.2 Å². The fourth-order valence-corrected chi connectivity index (χ4v) is 3.17. The molecule has 2 N–H and O–H groups in total. The molecule has 1 saturated heterocycles. The van der Waals surface area contributed by atoms with Gasteiger partial charge < -0.3 is 15.4 Å². The van der Waals surface area contributed by atoms with Gasteiger partial charge >= 0.3 is 0 Å². The van der Waals surface area contributed by atoms with E-state index in [0.29, 0.717) is 12.0 Å². The minimum absolute atomic E-state index is 0. The number of benzene rings is 1. The summed E-state index contributed by atoms with van der Waals surface area (Å²) in [5.74, 6) is 1.40. The predicted molar refractivity (Wildman–Crippen MR) is 117 cm³/mol. The standard InChI is InChI=1S/C19H30ClN3O.HI/c1-14(2)15(3)23-18(21-4)22-13-19(8-10-24-11-9-19)16-6-5-7-17(20)12-16;/h5-7,12,14-15H,8-11,13H2,1-4H3,(H2,21,22,23);1H. The molecule has 1 heterocycles. The van der Waals surface area contributed by atoms with E-state index < -0.39 is 0 Å². The third-order valence-electron chi connectivity index (χ3n) is 5.07. The van der Waals surface area contributed by atoms with Crippen LogP contribution in [0.4, 0.5) is 0 Å². The average molecular weight is 480 g/mol. The highest BCUT2D eigenvalue weighted by Gasteiger charge is 2.34. The van der Waals surface area contributed by atoms with E-state index in [2.05, 4.69) is 48.5 Å². The predicted octanol–water partition coefficient (Wildman–Crippen LogP) is 4.22. The van der Waals surface area contributed by atoms with E-state index in [1.807, 2.05) is 19.2 Å². The van der Waals surface area contributed by atoms with Gasteiger partial charge in [0.15, 0.2) is 5.96 Å². The van der Waals surface area contributed by atoms with Gasteiger partial charge in [-0.15, -0.1) is 24.0 Å². The lowest BCUT2D eigenvalue weighted by Crippen LogP contribution is -2.50. The Kier molecular flexibility index (Phi) is 9.52. The number of aliphatic imine (C=N–C) groups is 1. The summed E-state index contributed by atoms with van der Waals surface area (Å²) in [5, 5.41) is 7.78. The maximum absolute atomic E-state index is 6.23. The molecule has 0 spiro atoms. The number of halogens is 2. The van der Waals surface area contributed by atoms with Crippen molar-refractivity contribution >= 4 is 41.5 Å². The Balaban J connectivity index is 0.00000312. The zero-order valence-corrected chi connectivity index (χ0v) is 18.7. The molecule has 0 radical (unpaired) electrons. The second-order valence-electron chi connectivity index (χ2n) is 7.01. The maximum Gasteiger partial charge on any atom is 0.191 e. The number of hydrogen-bond acceptors (Lipinski definition) is 2. The molecule has 142 valence electrons. The van der Waals surface area contributed by atoms with Crippen LogP contribution >= 0.6 is 35.6 Å². The van der Waals surface area contributed by atoms with Crippen LogP contribution in [0, 0.1) is 5.92 Å². The van der Waals surface area contributed by atoms with Gasteiger partial charge in [0.1, 0.15) is 0 Å². The molecule has 0 aromatic heterocycles. The van der Waals surface area contributed by atoms with Crippen LogP contribution in [0.2, 0.25) is 5.02 Å². The Labute approximate surface area is 174 Å². The van der Waals surface area contributed by atoms with Gasteiger partial charge in [-0.05, 0) is 43.4 Å². The number of hydrogen-bond donors (Lipinski definition) is 2. The molecule has 0 saturated carbocycles. The lowest BCUT2D eigenvalue weighted by Gasteiger charge is -2.38. The summed E-state index contributed by atoms with van der Waals surface area (Å²) in [5.41, 5.74) is 1.31. The molecule has 0 amide bonds. The third-order valence-corrected chi connectivity index (χ3v) is 5.30. The van der Waals surface area contributed by atoms with Crippen LogP contribution < -0.4 is 10.6 Å². The van der Waals surface area contributed by atoms with E-state index in [1.54, 1.807) is 0 Å². The minimum Gasteiger partial charge on any atom is -0.381 e. The summed E-state index contributed by atoms with van der Waals surface area (Å²) in [7, 11) is 1.82. The van der Waals surface area contributed by atoms with E-state index in [0.717, 1.165) is 43.6 Å². The van der Waals surface area contributed by atoms with Crippen molar-refractivity contribution in [2.45, 2.75) is 45.1 Å². The van der Waals surface area contributed by atoms with Gasteiger partial charge in [-0.3, -0.25) is 4.99 Å². The number of nitrogens with zero attached hydrogens (tertiary/aromatic N) is 1. The molecule has 25 heavy (non-hydrogen) atoms. The molecule has 1 atom stereocenters. The Hall–Kier alpha value is -0.530. The molecular weight excluding hydrogens is 449 g/mol. The third kappa shape index (κ3) is 6.29. The fourth-order valence-electron chi connectivity index (χ4n) is 2.98. The van der Waals surface area contributed by atoms with E-state index in [-0.39, 0.29) is 29.4 Å². The summed E-state index contributed by atoms with van der Waals surface area (Å²) in [6.45, 7) is 8.97. The van der Waals surface area contributed by atoms with Crippen molar-refractivity contribution in [3.8, 4) is 0 Å². The number of guanidine groups is 1. The molecule has 0 bridgehead atoms. The average Bonchev–Trinajstić information content (AvgIpc) is 2.59. The first-order valence-corrected chi connectivity index (χ1v) is 9.15. The summed E-state index contributed by atoms with van der Waals surface area (Å²) < 4.78 is 5.60. The van der Waals surface area contributed by atoms with E-state index in [4.69, 9.17) is 16.3 Å². The smallest absolute Gasteiger partial charge is 0.191 e. The molecule has 1 aliphatic rings. The summed E-state index contributed by atoms with van der Waals surface area (Å²) in [6, 6.07) is 8.58. The minimum atomic E-state index is 0. The van der Waals surface area contributed by atoms with Crippen LogP contribution in [-0.4, -0.2) is 38.8 Å². The largest absolute Gasteiger partial charge is 0.381 e. The molecule has 0 aliphatic carbocycles. The van der Waals surface area contributed by atoms with Gasteiger partial charge in [0.25, 0.3) is 0 Å². The maximum atomic E-state index is 6.23. The van der Waals surface area contributed by atoms with Gasteiger partial charge in [0.05, 0.1) is 0 Å². The second-order valence-corrected chi connectivity index (χ2v) is 7.44. The zero-order chi connectivity index (χ0) is 17.6. The molecule has 1 aromatic carbocycles. The lowest BCUT2D eigenvalue weighted by atomic mass is 9.74. The van der Waals surface area contributed by atoms with Crippen molar-refractivity contribution in [1.82, 2.24) is 10.6 Å². The first kappa shape index (κ1) is 22.5. The summed E-state index contributed by atoms with van der Waals surface area (Å²) in [4.78, 5) is 4.37. The van der Waals surface area contributed by atoms with Gasteiger partial charge in [-0.2, -0.15) is 0 Å². The summed E-state index contributed by atoms with van der Waals surface area (Å²) >= 11 is 6.23. The van der Waals surface area contributed by atoms with E-state index in [9.17, 15) is 0 Å². The highest BCUT2D eigenvalue weighted by atomic mass is 127. The van der Waals surface area contributed by atoms with Crippen LogP contribution in [0.15, 0.2) is 29.3 Å².